The third-order valence-electron chi connectivity index (χ3n) is 4.76. The Bertz CT molecular complexity index is 457. The van der Waals surface area contributed by atoms with Gasteiger partial charge in [-0.3, -0.25) is 0 Å². The van der Waals surface area contributed by atoms with Crippen LogP contribution < -0.4 is 0 Å². The predicted molar refractivity (Wildman–Crippen MR) is 150 cm³/mol. The maximum atomic E-state index is 6.86. The maximum Gasteiger partial charge on any atom is 0.317 e. The third kappa shape index (κ3) is 19.0. The zero-order valence-corrected chi connectivity index (χ0v) is 28.2. The molecule has 0 aromatic carbocycles. The molecule has 0 N–H and O–H groups in total. The maximum absolute atomic E-state index is 6.86. The van der Waals surface area contributed by atoms with Crippen LogP contribution in [0.1, 0.15) is 64.7 Å². The van der Waals surface area contributed by atoms with Gasteiger partial charge < -0.3 is 16.5 Å². The second kappa shape index (κ2) is 13.7. The first-order valence-corrected chi connectivity index (χ1v) is 27.7. The van der Waals surface area contributed by atoms with Gasteiger partial charge in [0.05, 0.1) is 0 Å². The van der Waals surface area contributed by atoms with Crippen molar-refractivity contribution in [3.63, 3.8) is 0 Å². The predicted octanol–water partition coefficient (Wildman–Crippen LogP) is 8.73. The largest absolute Gasteiger partial charge is 0.437 e. The zero-order chi connectivity index (χ0) is 24.4. The van der Waals surface area contributed by atoms with Gasteiger partial charge in [-0.15, -0.1) is 0 Å². The molecule has 0 aliphatic rings. The average molecular weight is 525 g/mol. The van der Waals surface area contributed by atoms with E-state index in [0.717, 1.165) is 6.04 Å². The van der Waals surface area contributed by atoms with Gasteiger partial charge in [0, 0.05) is 0 Å². The summed E-state index contributed by atoms with van der Waals surface area (Å²) in [4.78, 5) is 0. The highest BCUT2D eigenvalue weighted by molar-refractivity contribution is 6.90. The molecule has 0 spiro atoms. The quantitative estimate of drug-likeness (QED) is 0.133. The van der Waals surface area contributed by atoms with Crippen LogP contribution in [0, 0.1) is 0 Å². The first-order valence-electron chi connectivity index (χ1n) is 12.7. The molecule has 188 valence electrons. The highest BCUT2D eigenvalue weighted by Crippen LogP contribution is 2.30. The Morgan fingerprint density at radius 3 is 1.06 bits per heavy atom. The Labute approximate surface area is 201 Å². The van der Waals surface area contributed by atoms with E-state index in [4.69, 9.17) is 16.5 Å². The van der Waals surface area contributed by atoms with Crippen LogP contribution in [0.3, 0.4) is 0 Å². The summed E-state index contributed by atoms with van der Waals surface area (Å²) in [5.41, 5.74) is 0. The minimum absolute atomic E-state index is 1.04. The van der Waals surface area contributed by atoms with Crippen molar-refractivity contribution >= 4 is 42.3 Å². The van der Waals surface area contributed by atoms with E-state index < -0.39 is 42.3 Å². The molecule has 0 fully saturated rings. The van der Waals surface area contributed by atoms with E-state index in [1.165, 1.54) is 57.8 Å². The molecule has 0 saturated heterocycles. The number of hydrogen-bond donors (Lipinski definition) is 0. The summed E-state index contributed by atoms with van der Waals surface area (Å²) < 4.78 is 26.8. The Morgan fingerprint density at radius 2 is 0.742 bits per heavy atom. The molecule has 4 nitrogen and oxygen atoms in total. The minimum Gasteiger partial charge on any atom is -0.437 e. The van der Waals surface area contributed by atoms with Gasteiger partial charge in [0.15, 0.2) is 16.6 Å². The van der Waals surface area contributed by atoms with Crippen molar-refractivity contribution in [2.75, 3.05) is 0 Å². The molecule has 0 heterocycles. The van der Waals surface area contributed by atoms with Crippen molar-refractivity contribution in [3.8, 4) is 0 Å². The summed E-state index contributed by atoms with van der Waals surface area (Å²) in [5.74, 6) is 0. The Hall–Kier alpha value is 0.924. The van der Waals surface area contributed by atoms with Gasteiger partial charge in [0.1, 0.15) is 0 Å². The SMILES string of the molecule is CCCCCCCCCCC[Si](C)(O[Si](C)(C)O[Si](C)(C)C)O[Si](C)(C)O[Si](C)(C)C. The first kappa shape index (κ1) is 31.9. The van der Waals surface area contributed by atoms with Crippen molar-refractivity contribution in [1.29, 1.82) is 0 Å². The first-order chi connectivity index (χ1) is 13.9. The molecule has 0 amide bonds. The van der Waals surface area contributed by atoms with E-state index in [0.29, 0.717) is 0 Å². The lowest BCUT2D eigenvalue weighted by Crippen LogP contribution is -2.59. The Morgan fingerprint density at radius 1 is 0.419 bits per heavy atom. The van der Waals surface area contributed by atoms with Gasteiger partial charge in [-0.05, 0) is 78.1 Å². The van der Waals surface area contributed by atoms with Gasteiger partial charge in [0.2, 0.25) is 0 Å². The van der Waals surface area contributed by atoms with Crippen LogP contribution in [0.4, 0.5) is 0 Å². The van der Waals surface area contributed by atoms with Crippen LogP contribution >= 0.6 is 0 Å². The van der Waals surface area contributed by atoms with Crippen molar-refractivity contribution in [2.24, 2.45) is 0 Å². The summed E-state index contributed by atoms with van der Waals surface area (Å²) in [6.07, 6.45) is 12.0. The van der Waals surface area contributed by atoms with Gasteiger partial charge in [-0.2, -0.15) is 0 Å². The monoisotopic (exact) mass is 524 g/mol. The number of hydrogen-bond acceptors (Lipinski definition) is 4. The lowest BCUT2D eigenvalue weighted by molar-refractivity contribution is 0.291. The summed E-state index contributed by atoms with van der Waals surface area (Å²) in [5, 5.41) is 0. The van der Waals surface area contributed by atoms with Gasteiger partial charge in [-0.1, -0.05) is 64.7 Å². The highest BCUT2D eigenvalue weighted by Gasteiger charge is 2.46. The molecule has 0 aliphatic carbocycles. The molecule has 0 atom stereocenters. The molecule has 0 unspecified atom stereocenters. The molecule has 0 aromatic rings. The second-order valence-electron chi connectivity index (χ2n) is 12.1. The fraction of sp³-hybridized carbons (Fsp3) is 1.00. The van der Waals surface area contributed by atoms with Gasteiger partial charge in [0.25, 0.3) is 0 Å². The second-order valence-corrected chi connectivity index (χ2v) is 32.2. The molecule has 0 aliphatic heterocycles. The number of unbranched alkanes of at least 4 members (excludes halogenated alkanes) is 8. The zero-order valence-electron chi connectivity index (χ0n) is 23.2. The minimum atomic E-state index is -2.39. The average Bonchev–Trinajstić information content (AvgIpc) is 2.46. The van der Waals surface area contributed by atoms with Gasteiger partial charge in [-0.25, -0.2) is 0 Å². The molecule has 9 heteroatoms. The van der Waals surface area contributed by atoms with Crippen LogP contribution in [-0.2, 0) is 16.5 Å². The van der Waals surface area contributed by atoms with Crippen LogP contribution in [0.2, 0.25) is 78.1 Å². The van der Waals surface area contributed by atoms with Crippen LogP contribution in [0.5, 0.6) is 0 Å². The van der Waals surface area contributed by atoms with Crippen molar-refractivity contribution in [2.45, 2.75) is 143 Å². The smallest absolute Gasteiger partial charge is 0.317 e. The summed E-state index contributed by atoms with van der Waals surface area (Å²) >= 11 is 0. The third-order valence-corrected chi connectivity index (χ3v) is 22.2. The van der Waals surface area contributed by atoms with E-state index in [2.05, 4.69) is 78.9 Å². The standard InChI is InChI=1S/C22H56O4Si5/c1-13-14-15-16-17-18-19-20-21-22-31(12,25-29(8,9)23-27(2,3)4)26-30(10,11)24-28(5,6)7/h13-22H2,1-12H3. The molecular weight excluding hydrogens is 469 g/mol. The van der Waals surface area contributed by atoms with Crippen molar-refractivity contribution in [1.82, 2.24) is 0 Å². The number of rotatable bonds is 18. The molecule has 31 heavy (non-hydrogen) atoms. The van der Waals surface area contributed by atoms with E-state index in [-0.39, 0.29) is 0 Å². The summed E-state index contributed by atoms with van der Waals surface area (Å²) in [7, 11) is -10.2. The van der Waals surface area contributed by atoms with Crippen LogP contribution in [-0.4, -0.2) is 42.3 Å². The van der Waals surface area contributed by atoms with E-state index in [1.54, 1.807) is 0 Å². The van der Waals surface area contributed by atoms with E-state index >= 15 is 0 Å². The lowest BCUT2D eigenvalue weighted by atomic mass is 10.1. The fourth-order valence-corrected chi connectivity index (χ4v) is 27.9. The topological polar surface area (TPSA) is 36.9 Å². The molecule has 0 rings (SSSR count). The van der Waals surface area contributed by atoms with Gasteiger partial charge >= 0.3 is 25.7 Å². The molecule has 0 saturated carbocycles. The lowest BCUT2D eigenvalue weighted by Gasteiger charge is -2.43. The normalized spacial score (nSPS) is 14.3. The van der Waals surface area contributed by atoms with Crippen LogP contribution in [0.15, 0.2) is 0 Å². The van der Waals surface area contributed by atoms with Crippen molar-refractivity contribution < 1.29 is 16.5 Å². The Kier molecular flexibility index (Phi) is 14.1. The summed E-state index contributed by atoms with van der Waals surface area (Å²) in [6.45, 7) is 26.8. The molecular formula is C22H56O4Si5. The molecule has 0 aromatic heterocycles. The van der Waals surface area contributed by atoms with Crippen molar-refractivity contribution in [3.05, 3.63) is 0 Å². The fourth-order valence-electron chi connectivity index (χ4n) is 4.44. The van der Waals surface area contributed by atoms with Crippen LogP contribution in [0.25, 0.3) is 0 Å². The Balaban J connectivity index is 4.95. The van der Waals surface area contributed by atoms with E-state index in [1.807, 2.05) is 0 Å². The summed E-state index contributed by atoms with van der Waals surface area (Å²) in [6, 6.07) is 1.04. The molecule has 0 radical (unpaired) electrons. The van der Waals surface area contributed by atoms with E-state index in [9.17, 15) is 0 Å². The highest BCUT2D eigenvalue weighted by atomic mass is 28.5. The molecule has 0 bridgehead atoms.